The van der Waals surface area contributed by atoms with Gasteiger partial charge in [0.15, 0.2) is 0 Å². The van der Waals surface area contributed by atoms with Gasteiger partial charge in [-0.3, -0.25) is 0 Å². The summed E-state index contributed by atoms with van der Waals surface area (Å²) in [6.45, 7) is 0.952. The zero-order valence-corrected chi connectivity index (χ0v) is 11.0. The van der Waals surface area contributed by atoms with Crippen LogP contribution < -0.4 is 5.32 Å². The number of rotatable bonds is 2. The van der Waals surface area contributed by atoms with Gasteiger partial charge in [-0.25, -0.2) is 9.37 Å². The molecular formula is C15H11FN4O. The Hall–Kier alpha value is -2.76. The average Bonchev–Trinajstić information content (AvgIpc) is 3.16. The van der Waals surface area contributed by atoms with E-state index in [9.17, 15) is 4.39 Å². The lowest BCUT2D eigenvalue weighted by molar-refractivity contribution is 0.432. The minimum absolute atomic E-state index is 0.351. The Morgan fingerprint density at radius 1 is 1.19 bits per heavy atom. The summed E-state index contributed by atoms with van der Waals surface area (Å²) in [5.41, 5.74) is 3.75. The number of hydrogen-bond acceptors (Lipinski definition) is 5. The Kier molecular flexibility index (Phi) is 2.67. The Labute approximate surface area is 119 Å². The number of hydrogen-bond donors (Lipinski definition) is 1. The molecule has 0 fully saturated rings. The second-order valence-corrected chi connectivity index (χ2v) is 4.83. The number of pyridine rings is 1. The summed E-state index contributed by atoms with van der Waals surface area (Å²) in [4.78, 5) is 8.27. The van der Waals surface area contributed by atoms with E-state index in [-0.39, 0.29) is 0 Å². The van der Waals surface area contributed by atoms with Crippen LogP contribution in [0.15, 0.2) is 41.1 Å². The van der Waals surface area contributed by atoms with Crippen LogP contribution in [0.25, 0.3) is 23.0 Å². The van der Waals surface area contributed by atoms with E-state index in [2.05, 4.69) is 20.4 Å². The van der Waals surface area contributed by atoms with Gasteiger partial charge in [0.1, 0.15) is 11.5 Å². The molecular weight excluding hydrogens is 271 g/mol. The highest BCUT2D eigenvalue weighted by Gasteiger charge is 2.15. The van der Waals surface area contributed by atoms with Crippen LogP contribution in [0.1, 0.15) is 5.56 Å². The number of halogens is 1. The van der Waals surface area contributed by atoms with Gasteiger partial charge in [0.25, 0.3) is 5.89 Å². The summed E-state index contributed by atoms with van der Waals surface area (Å²) in [5.74, 6) is 0.392. The fourth-order valence-corrected chi connectivity index (χ4v) is 2.39. The summed E-state index contributed by atoms with van der Waals surface area (Å²) in [7, 11) is 0. The van der Waals surface area contributed by atoms with Crippen molar-refractivity contribution in [2.45, 2.75) is 6.42 Å². The molecule has 3 heterocycles. The van der Waals surface area contributed by atoms with Crippen LogP contribution >= 0.6 is 0 Å². The Morgan fingerprint density at radius 3 is 3.00 bits per heavy atom. The molecule has 0 amide bonds. The monoisotopic (exact) mass is 282 g/mol. The highest BCUT2D eigenvalue weighted by molar-refractivity contribution is 5.66. The molecule has 3 aromatic rings. The summed E-state index contributed by atoms with van der Waals surface area (Å²) in [5, 5.41) is 7.20. The molecule has 1 N–H and O–H groups in total. The Balaban J connectivity index is 1.69. The fourth-order valence-electron chi connectivity index (χ4n) is 2.39. The highest BCUT2D eigenvalue weighted by Crippen LogP contribution is 2.28. The molecule has 4 rings (SSSR count). The van der Waals surface area contributed by atoms with Crippen molar-refractivity contribution in [2.75, 3.05) is 11.9 Å². The SMILES string of the molecule is Fc1ccc(-c2noc(-c3ccc4c(c3)CCN4)n2)nc1. The first-order chi connectivity index (χ1) is 10.3. The van der Waals surface area contributed by atoms with Gasteiger partial charge in [-0.1, -0.05) is 5.16 Å². The van der Waals surface area contributed by atoms with E-state index in [1.807, 2.05) is 18.2 Å². The third-order valence-corrected chi connectivity index (χ3v) is 3.44. The summed E-state index contributed by atoms with van der Waals surface area (Å²) in [6, 6.07) is 8.84. The number of anilines is 1. The summed E-state index contributed by atoms with van der Waals surface area (Å²) >= 11 is 0. The molecule has 21 heavy (non-hydrogen) atoms. The lowest BCUT2D eigenvalue weighted by atomic mass is 10.1. The minimum Gasteiger partial charge on any atom is -0.384 e. The number of nitrogens with zero attached hydrogens (tertiary/aromatic N) is 3. The molecule has 0 saturated carbocycles. The van der Waals surface area contributed by atoms with Crippen molar-refractivity contribution in [3.8, 4) is 23.0 Å². The van der Waals surface area contributed by atoms with Crippen LogP contribution in [0.4, 0.5) is 10.1 Å². The first kappa shape index (κ1) is 12.0. The molecule has 1 aliphatic heterocycles. The molecule has 1 aliphatic rings. The molecule has 104 valence electrons. The van der Waals surface area contributed by atoms with Crippen molar-refractivity contribution in [1.29, 1.82) is 0 Å². The Bertz CT molecular complexity index is 798. The standard InChI is InChI=1S/C15H11FN4O/c16-11-2-4-13(18-8-11)14-19-15(21-20-14)10-1-3-12-9(7-10)5-6-17-12/h1-4,7-8,17H,5-6H2. The number of nitrogens with one attached hydrogen (secondary N) is 1. The van der Waals surface area contributed by atoms with Gasteiger partial charge < -0.3 is 9.84 Å². The Morgan fingerprint density at radius 2 is 2.14 bits per heavy atom. The molecule has 0 bridgehead atoms. The molecule has 0 saturated heterocycles. The topological polar surface area (TPSA) is 63.8 Å². The zero-order valence-electron chi connectivity index (χ0n) is 11.0. The third-order valence-electron chi connectivity index (χ3n) is 3.44. The van der Waals surface area contributed by atoms with Crippen LogP contribution in [0.3, 0.4) is 0 Å². The molecule has 0 spiro atoms. The summed E-state index contributed by atoms with van der Waals surface area (Å²) < 4.78 is 18.1. The first-order valence-corrected chi connectivity index (χ1v) is 6.62. The molecule has 0 aliphatic carbocycles. The van der Waals surface area contributed by atoms with Gasteiger partial charge in [0.2, 0.25) is 5.82 Å². The van der Waals surface area contributed by atoms with Crippen molar-refractivity contribution >= 4 is 5.69 Å². The van der Waals surface area contributed by atoms with Crippen molar-refractivity contribution in [3.05, 3.63) is 47.9 Å². The van der Waals surface area contributed by atoms with E-state index in [4.69, 9.17) is 4.52 Å². The normalized spacial score (nSPS) is 13.0. The number of fused-ring (bicyclic) bond motifs is 1. The third kappa shape index (κ3) is 2.14. The molecule has 2 aromatic heterocycles. The maximum atomic E-state index is 12.9. The van der Waals surface area contributed by atoms with E-state index in [0.29, 0.717) is 17.4 Å². The van der Waals surface area contributed by atoms with E-state index >= 15 is 0 Å². The summed E-state index contributed by atoms with van der Waals surface area (Å²) in [6.07, 6.45) is 2.12. The van der Waals surface area contributed by atoms with Crippen LogP contribution in [-0.4, -0.2) is 21.7 Å². The fraction of sp³-hybridized carbons (Fsp3) is 0.133. The van der Waals surface area contributed by atoms with Crippen LogP contribution in [0, 0.1) is 5.82 Å². The average molecular weight is 282 g/mol. The first-order valence-electron chi connectivity index (χ1n) is 6.62. The zero-order chi connectivity index (χ0) is 14.2. The highest BCUT2D eigenvalue weighted by atomic mass is 19.1. The van der Waals surface area contributed by atoms with Gasteiger partial charge in [-0.15, -0.1) is 0 Å². The molecule has 1 aromatic carbocycles. The predicted molar refractivity (Wildman–Crippen MR) is 75.1 cm³/mol. The maximum Gasteiger partial charge on any atom is 0.258 e. The molecule has 0 atom stereocenters. The largest absolute Gasteiger partial charge is 0.384 e. The van der Waals surface area contributed by atoms with Crippen molar-refractivity contribution in [2.24, 2.45) is 0 Å². The lowest BCUT2D eigenvalue weighted by Crippen LogP contribution is -1.90. The van der Waals surface area contributed by atoms with Crippen molar-refractivity contribution in [1.82, 2.24) is 15.1 Å². The van der Waals surface area contributed by atoms with Gasteiger partial charge >= 0.3 is 0 Å². The smallest absolute Gasteiger partial charge is 0.258 e. The maximum absolute atomic E-state index is 12.9. The van der Waals surface area contributed by atoms with Crippen LogP contribution in [0.5, 0.6) is 0 Å². The van der Waals surface area contributed by atoms with Gasteiger partial charge in [-0.2, -0.15) is 4.98 Å². The molecule has 6 heteroatoms. The second kappa shape index (κ2) is 4.66. The molecule has 5 nitrogen and oxygen atoms in total. The van der Waals surface area contributed by atoms with Crippen LogP contribution in [-0.2, 0) is 6.42 Å². The quantitative estimate of drug-likeness (QED) is 0.783. The van der Waals surface area contributed by atoms with E-state index in [1.54, 1.807) is 0 Å². The van der Waals surface area contributed by atoms with Gasteiger partial charge in [-0.05, 0) is 42.3 Å². The number of aromatic nitrogens is 3. The second-order valence-electron chi connectivity index (χ2n) is 4.83. The predicted octanol–water partition coefficient (Wildman–Crippen LogP) is 2.91. The lowest BCUT2D eigenvalue weighted by Gasteiger charge is -2.00. The van der Waals surface area contributed by atoms with Crippen molar-refractivity contribution < 1.29 is 8.91 Å². The minimum atomic E-state index is -0.395. The molecule has 0 unspecified atom stereocenters. The van der Waals surface area contributed by atoms with E-state index < -0.39 is 5.82 Å². The number of benzene rings is 1. The van der Waals surface area contributed by atoms with Crippen LogP contribution in [0.2, 0.25) is 0 Å². The van der Waals surface area contributed by atoms with Crippen molar-refractivity contribution in [3.63, 3.8) is 0 Å². The van der Waals surface area contributed by atoms with E-state index in [1.165, 1.54) is 17.7 Å². The van der Waals surface area contributed by atoms with Gasteiger partial charge in [0.05, 0.1) is 6.20 Å². The van der Waals surface area contributed by atoms with E-state index in [0.717, 1.165) is 30.4 Å². The molecule has 0 radical (unpaired) electrons. The van der Waals surface area contributed by atoms with Gasteiger partial charge in [0, 0.05) is 17.8 Å².